The Kier molecular flexibility index (Phi) is 2.77. The molecular weight excluding hydrogens is 121 g/mol. The molecule has 2 N–H and O–H groups in total. The van der Waals surface area contributed by atoms with Crippen molar-refractivity contribution in [3.8, 4) is 0 Å². The van der Waals surface area contributed by atoms with Gasteiger partial charge in [0.25, 0.3) is 0 Å². The van der Waals surface area contributed by atoms with Crippen LogP contribution < -0.4 is 5.73 Å². The number of alkyl halides is 1. The van der Waals surface area contributed by atoms with Crippen LogP contribution in [0, 0.1) is 0 Å². The van der Waals surface area contributed by atoms with Gasteiger partial charge in [-0.25, -0.2) is 4.39 Å². The number of ketones is 1. The van der Waals surface area contributed by atoms with E-state index in [9.17, 15) is 9.18 Å². The normalized spacial score (nSPS) is 11.6. The topological polar surface area (TPSA) is 43.1 Å². The van der Waals surface area contributed by atoms with Crippen LogP contribution in [0.1, 0.15) is 20.3 Å². The molecule has 2 nitrogen and oxygen atoms in total. The molecule has 0 amide bonds. The lowest BCUT2D eigenvalue weighted by Crippen LogP contribution is -2.27. The van der Waals surface area contributed by atoms with Gasteiger partial charge in [0.1, 0.15) is 0 Å². The number of Topliss-reactive ketones (excluding diaryl/α,β-unsaturated/α-hetero) is 1. The summed E-state index contributed by atoms with van der Waals surface area (Å²) in [6.45, 7) is 2.71. The van der Waals surface area contributed by atoms with Crippen LogP contribution >= 0.6 is 0 Å². The summed E-state index contributed by atoms with van der Waals surface area (Å²) in [4.78, 5) is 10.6. The highest BCUT2D eigenvalue weighted by Gasteiger charge is 2.24. The minimum atomic E-state index is -1.71. The Morgan fingerprint density at radius 1 is 1.67 bits per heavy atom. The fourth-order valence-corrected chi connectivity index (χ4v) is 0.428. The molecule has 9 heavy (non-hydrogen) atoms. The number of halogens is 1. The van der Waals surface area contributed by atoms with Gasteiger partial charge in [-0.2, -0.15) is 0 Å². The number of rotatable bonds is 3. The average molecular weight is 133 g/mol. The Bertz CT molecular complexity index is 106. The van der Waals surface area contributed by atoms with Crippen LogP contribution in [0.25, 0.3) is 0 Å². The first-order valence-corrected chi connectivity index (χ1v) is 2.90. The van der Waals surface area contributed by atoms with Crippen molar-refractivity contribution >= 4 is 5.78 Å². The lowest BCUT2D eigenvalue weighted by Gasteiger charge is -2.10. The van der Waals surface area contributed by atoms with Crippen molar-refractivity contribution in [2.24, 2.45) is 5.73 Å². The molecule has 0 saturated carbocycles. The van der Waals surface area contributed by atoms with Crippen LogP contribution in [0.3, 0.4) is 0 Å². The zero-order valence-corrected chi connectivity index (χ0v) is 5.78. The molecule has 0 saturated heterocycles. The van der Waals surface area contributed by atoms with E-state index >= 15 is 0 Å². The Balaban J connectivity index is 3.74. The zero-order chi connectivity index (χ0) is 7.49. The van der Waals surface area contributed by atoms with Crippen molar-refractivity contribution in [1.29, 1.82) is 0 Å². The van der Waals surface area contributed by atoms with Crippen LogP contribution in [-0.4, -0.2) is 18.0 Å². The molecule has 54 valence electrons. The summed E-state index contributed by atoms with van der Waals surface area (Å²) in [7, 11) is 0. The number of hydrogen-bond donors (Lipinski definition) is 1. The quantitative estimate of drug-likeness (QED) is 0.614. The van der Waals surface area contributed by atoms with Gasteiger partial charge in [-0.3, -0.25) is 4.79 Å². The largest absolute Gasteiger partial charge is 0.330 e. The van der Waals surface area contributed by atoms with E-state index in [1.54, 1.807) is 0 Å². The molecule has 0 fully saturated rings. The van der Waals surface area contributed by atoms with E-state index in [1.807, 2.05) is 0 Å². The van der Waals surface area contributed by atoms with Gasteiger partial charge in [0.2, 0.25) is 0 Å². The van der Waals surface area contributed by atoms with Crippen LogP contribution in [0.5, 0.6) is 0 Å². The Morgan fingerprint density at radius 2 is 2.11 bits per heavy atom. The fraction of sp³-hybridized carbons (Fsp3) is 0.833. The average Bonchev–Trinajstić information content (AvgIpc) is 1.64. The molecule has 0 aromatic rings. The predicted molar refractivity (Wildman–Crippen MR) is 33.9 cm³/mol. The summed E-state index contributed by atoms with van der Waals surface area (Å²) in [6, 6.07) is 0. The Morgan fingerprint density at radius 3 is 2.22 bits per heavy atom. The van der Waals surface area contributed by atoms with Crippen LogP contribution in [-0.2, 0) is 4.79 Å². The van der Waals surface area contributed by atoms with Crippen molar-refractivity contribution in [3.05, 3.63) is 0 Å². The summed E-state index contributed by atoms with van der Waals surface area (Å²) < 4.78 is 12.6. The van der Waals surface area contributed by atoms with Crippen molar-refractivity contribution < 1.29 is 9.18 Å². The van der Waals surface area contributed by atoms with Crippen LogP contribution in [0.15, 0.2) is 0 Å². The second kappa shape index (κ2) is 2.92. The third-order valence-electron chi connectivity index (χ3n) is 1.03. The van der Waals surface area contributed by atoms with Crippen molar-refractivity contribution in [2.45, 2.75) is 25.9 Å². The predicted octanol–water partition coefficient (Wildman–Crippen LogP) is 0.652. The standard InChI is InChI=1S/C6H12FNO/c1-6(2,7)5(9)3-4-8/h3-4,8H2,1-2H3. The molecule has 0 aromatic heterocycles. The van der Waals surface area contributed by atoms with Crippen molar-refractivity contribution in [1.82, 2.24) is 0 Å². The van der Waals surface area contributed by atoms with Crippen LogP contribution in [0.4, 0.5) is 4.39 Å². The third-order valence-corrected chi connectivity index (χ3v) is 1.03. The van der Waals surface area contributed by atoms with Gasteiger partial charge < -0.3 is 5.73 Å². The second-order valence-corrected chi connectivity index (χ2v) is 2.43. The molecule has 0 aliphatic carbocycles. The van der Waals surface area contributed by atoms with E-state index in [0.29, 0.717) is 0 Å². The Hall–Kier alpha value is -0.440. The minimum Gasteiger partial charge on any atom is -0.330 e. The number of carbonyl (C=O) groups excluding carboxylic acids is 1. The highest BCUT2D eigenvalue weighted by Crippen LogP contribution is 2.10. The highest BCUT2D eigenvalue weighted by atomic mass is 19.1. The molecule has 3 heteroatoms. The lowest BCUT2D eigenvalue weighted by molar-refractivity contribution is -0.128. The molecule has 0 unspecified atom stereocenters. The van der Waals surface area contributed by atoms with E-state index in [0.717, 1.165) is 0 Å². The first-order valence-electron chi connectivity index (χ1n) is 2.90. The Labute approximate surface area is 54.2 Å². The maximum atomic E-state index is 12.6. The second-order valence-electron chi connectivity index (χ2n) is 2.43. The van der Waals surface area contributed by atoms with E-state index in [1.165, 1.54) is 13.8 Å². The molecule has 0 aliphatic rings. The van der Waals surface area contributed by atoms with Crippen LogP contribution in [0.2, 0.25) is 0 Å². The summed E-state index contributed by atoms with van der Waals surface area (Å²) in [6.07, 6.45) is 0.128. The molecule has 0 radical (unpaired) electrons. The van der Waals surface area contributed by atoms with Gasteiger partial charge in [0, 0.05) is 6.42 Å². The third kappa shape index (κ3) is 3.19. The van der Waals surface area contributed by atoms with Gasteiger partial charge in [0.05, 0.1) is 0 Å². The monoisotopic (exact) mass is 133 g/mol. The minimum absolute atomic E-state index is 0.128. The van der Waals surface area contributed by atoms with Gasteiger partial charge >= 0.3 is 0 Å². The van der Waals surface area contributed by atoms with Gasteiger partial charge in [-0.05, 0) is 20.4 Å². The summed E-state index contributed by atoms with van der Waals surface area (Å²) in [5.41, 5.74) is 3.33. The maximum absolute atomic E-state index is 12.6. The van der Waals surface area contributed by atoms with E-state index in [4.69, 9.17) is 5.73 Å². The van der Waals surface area contributed by atoms with Gasteiger partial charge in [-0.15, -0.1) is 0 Å². The molecule has 0 spiro atoms. The molecule has 0 heterocycles. The smallest absolute Gasteiger partial charge is 0.170 e. The van der Waals surface area contributed by atoms with Crippen molar-refractivity contribution in [3.63, 3.8) is 0 Å². The summed E-state index contributed by atoms with van der Waals surface area (Å²) >= 11 is 0. The van der Waals surface area contributed by atoms with Gasteiger partial charge in [-0.1, -0.05) is 0 Å². The van der Waals surface area contributed by atoms with Crippen molar-refractivity contribution in [2.75, 3.05) is 6.54 Å². The highest BCUT2D eigenvalue weighted by molar-refractivity contribution is 5.86. The molecule has 0 aromatic carbocycles. The number of hydrogen-bond acceptors (Lipinski definition) is 2. The molecule has 0 aliphatic heterocycles. The molecular formula is C6H12FNO. The maximum Gasteiger partial charge on any atom is 0.170 e. The zero-order valence-electron chi connectivity index (χ0n) is 5.78. The van der Waals surface area contributed by atoms with E-state index < -0.39 is 11.5 Å². The summed E-state index contributed by atoms with van der Waals surface area (Å²) in [5, 5.41) is 0. The first-order chi connectivity index (χ1) is 3.98. The summed E-state index contributed by atoms with van der Waals surface area (Å²) in [5.74, 6) is -0.426. The number of nitrogens with two attached hydrogens (primary N) is 1. The van der Waals surface area contributed by atoms with Gasteiger partial charge in [0.15, 0.2) is 11.5 Å². The molecule has 0 rings (SSSR count). The lowest BCUT2D eigenvalue weighted by atomic mass is 10.0. The number of carbonyl (C=O) groups is 1. The molecule has 0 atom stereocenters. The fourth-order valence-electron chi connectivity index (χ4n) is 0.428. The van der Waals surface area contributed by atoms with E-state index in [2.05, 4.69) is 0 Å². The van der Waals surface area contributed by atoms with E-state index in [-0.39, 0.29) is 13.0 Å². The molecule has 0 bridgehead atoms. The first kappa shape index (κ1) is 8.56. The SMILES string of the molecule is CC(C)(F)C(=O)CCN.